The van der Waals surface area contributed by atoms with Crippen LogP contribution in [0.5, 0.6) is 0 Å². The number of nitrogens with one attached hydrogen (secondary N) is 1. The summed E-state index contributed by atoms with van der Waals surface area (Å²) < 4.78 is 0. The highest BCUT2D eigenvalue weighted by molar-refractivity contribution is 5.33. The van der Waals surface area contributed by atoms with Crippen LogP contribution in [0.2, 0.25) is 0 Å². The Bertz CT molecular complexity index is 473. The molecule has 1 aromatic rings. The maximum atomic E-state index is 10.2. The first-order chi connectivity index (χ1) is 10.8. The molecule has 22 heavy (non-hydrogen) atoms. The molecule has 1 aliphatic carbocycles. The van der Waals surface area contributed by atoms with Crippen molar-refractivity contribution in [3.05, 3.63) is 18.1 Å². The fourth-order valence-corrected chi connectivity index (χ4v) is 3.95. The van der Waals surface area contributed by atoms with Crippen molar-refractivity contribution in [2.24, 2.45) is 5.92 Å². The highest BCUT2D eigenvalue weighted by atomic mass is 16.3. The van der Waals surface area contributed by atoms with Gasteiger partial charge in [-0.3, -0.25) is 4.90 Å². The van der Waals surface area contributed by atoms with Crippen LogP contribution in [0.3, 0.4) is 0 Å². The Hall–Kier alpha value is -1.20. The van der Waals surface area contributed by atoms with E-state index in [1.807, 2.05) is 7.05 Å². The standard InChI is InChI=1S/C17H28N4O/c1-18-17-11-14(19-12-20-17)10-13-6-8-21(9-7-13)15-4-2-3-5-16(15)22/h11-13,15-16,22H,2-10H2,1H3,(H,18,19,20)/t15-,16-/m1/s1. The van der Waals surface area contributed by atoms with Crippen molar-refractivity contribution >= 4 is 5.82 Å². The molecule has 0 bridgehead atoms. The van der Waals surface area contributed by atoms with Gasteiger partial charge in [-0.1, -0.05) is 12.8 Å². The molecule has 1 saturated heterocycles. The monoisotopic (exact) mass is 304 g/mol. The largest absolute Gasteiger partial charge is 0.391 e. The van der Waals surface area contributed by atoms with Crippen LogP contribution in [0.1, 0.15) is 44.2 Å². The number of aromatic nitrogens is 2. The van der Waals surface area contributed by atoms with Crippen LogP contribution in [0.15, 0.2) is 12.4 Å². The van der Waals surface area contributed by atoms with E-state index in [1.165, 1.54) is 32.1 Å². The van der Waals surface area contributed by atoms with Gasteiger partial charge in [-0.2, -0.15) is 0 Å². The minimum atomic E-state index is -0.106. The van der Waals surface area contributed by atoms with Gasteiger partial charge in [0, 0.05) is 24.8 Å². The average molecular weight is 304 g/mol. The normalized spacial score (nSPS) is 27.7. The predicted molar refractivity (Wildman–Crippen MR) is 87.8 cm³/mol. The number of aliphatic hydroxyl groups excluding tert-OH is 1. The third kappa shape index (κ3) is 3.76. The molecule has 5 nitrogen and oxygen atoms in total. The Balaban J connectivity index is 1.51. The third-order valence-corrected chi connectivity index (χ3v) is 5.29. The van der Waals surface area contributed by atoms with Crippen LogP contribution in [-0.2, 0) is 6.42 Å². The molecular formula is C17H28N4O. The van der Waals surface area contributed by atoms with Crippen molar-refractivity contribution in [2.45, 2.75) is 57.1 Å². The third-order valence-electron chi connectivity index (χ3n) is 5.29. The molecular weight excluding hydrogens is 276 g/mol. The van der Waals surface area contributed by atoms with Crippen LogP contribution >= 0.6 is 0 Å². The lowest BCUT2D eigenvalue weighted by Crippen LogP contribution is -2.49. The predicted octanol–water partition coefficient (Wildman–Crippen LogP) is 2.08. The van der Waals surface area contributed by atoms with Crippen LogP contribution in [-0.4, -0.2) is 52.3 Å². The van der Waals surface area contributed by atoms with Crippen molar-refractivity contribution in [3.63, 3.8) is 0 Å². The van der Waals surface area contributed by atoms with Crippen molar-refractivity contribution in [1.82, 2.24) is 14.9 Å². The SMILES string of the molecule is CNc1cc(CC2CCN([C@@H]3CCCC[C@H]3O)CC2)ncn1. The van der Waals surface area contributed by atoms with Gasteiger partial charge < -0.3 is 10.4 Å². The van der Waals surface area contributed by atoms with Gasteiger partial charge in [-0.05, 0) is 51.1 Å². The van der Waals surface area contributed by atoms with E-state index in [9.17, 15) is 5.11 Å². The number of aliphatic hydroxyl groups is 1. The van der Waals surface area contributed by atoms with Crippen LogP contribution in [0.25, 0.3) is 0 Å². The molecule has 3 rings (SSSR count). The van der Waals surface area contributed by atoms with Gasteiger partial charge in [0.25, 0.3) is 0 Å². The molecule has 5 heteroatoms. The van der Waals surface area contributed by atoms with E-state index < -0.39 is 0 Å². The maximum absolute atomic E-state index is 10.2. The first kappa shape index (κ1) is 15.7. The number of hydrogen-bond donors (Lipinski definition) is 2. The van der Waals surface area contributed by atoms with Crippen LogP contribution < -0.4 is 5.32 Å². The molecule has 2 N–H and O–H groups in total. The van der Waals surface area contributed by atoms with Gasteiger partial charge in [0.15, 0.2) is 0 Å². The van der Waals surface area contributed by atoms with Crippen molar-refractivity contribution in [3.8, 4) is 0 Å². The second-order valence-electron chi connectivity index (χ2n) is 6.75. The number of hydrogen-bond acceptors (Lipinski definition) is 5. The highest BCUT2D eigenvalue weighted by Gasteiger charge is 2.31. The van der Waals surface area contributed by atoms with Gasteiger partial charge in [0.1, 0.15) is 12.1 Å². The first-order valence-electron chi connectivity index (χ1n) is 8.67. The second-order valence-corrected chi connectivity index (χ2v) is 6.75. The number of piperidine rings is 1. The zero-order valence-electron chi connectivity index (χ0n) is 13.5. The summed E-state index contributed by atoms with van der Waals surface area (Å²) in [5, 5.41) is 13.3. The summed E-state index contributed by atoms with van der Waals surface area (Å²) in [5.74, 6) is 1.60. The molecule has 0 aromatic carbocycles. The molecule has 2 heterocycles. The summed E-state index contributed by atoms with van der Waals surface area (Å²) in [4.78, 5) is 11.1. The highest BCUT2D eigenvalue weighted by Crippen LogP contribution is 2.28. The molecule has 2 aliphatic rings. The van der Waals surface area contributed by atoms with Crippen molar-refractivity contribution in [2.75, 3.05) is 25.5 Å². The van der Waals surface area contributed by atoms with Gasteiger partial charge in [0.2, 0.25) is 0 Å². The average Bonchev–Trinajstić information content (AvgIpc) is 2.56. The topological polar surface area (TPSA) is 61.3 Å². The Morgan fingerprint density at radius 3 is 2.68 bits per heavy atom. The van der Waals surface area contributed by atoms with Gasteiger partial charge in [0.05, 0.1) is 6.10 Å². The van der Waals surface area contributed by atoms with E-state index in [4.69, 9.17) is 0 Å². The molecule has 0 radical (unpaired) electrons. The van der Waals surface area contributed by atoms with E-state index in [0.717, 1.165) is 37.4 Å². The number of anilines is 1. The lowest BCUT2D eigenvalue weighted by molar-refractivity contribution is 0.00400. The maximum Gasteiger partial charge on any atom is 0.129 e. The van der Waals surface area contributed by atoms with Crippen molar-refractivity contribution in [1.29, 1.82) is 0 Å². The lowest BCUT2D eigenvalue weighted by atomic mass is 9.87. The minimum absolute atomic E-state index is 0.106. The molecule has 122 valence electrons. The fraction of sp³-hybridized carbons (Fsp3) is 0.765. The number of likely N-dealkylation sites (tertiary alicyclic amines) is 1. The molecule has 2 atom stereocenters. The molecule has 2 fully saturated rings. The Kier molecular flexibility index (Phi) is 5.26. The smallest absolute Gasteiger partial charge is 0.129 e. The molecule has 1 aliphatic heterocycles. The van der Waals surface area contributed by atoms with Gasteiger partial charge in [-0.15, -0.1) is 0 Å². The van der Waals surface area contributed by atoms with E-state index in [2.05, 4.69) is 26.3 Å². The van der Waals surface area contributed by atoms with E-state index in [0.29, 0.717) is 12.0 Å². The quantitative estimate of drug-likeness (QED) is 0.892. The Morgan fingerprint density at radius 1 is 1.18 bits per heavy atom. The molecule has 1 saturated carbocycles. The Labute approximate surface area is 133 Å². The summed E-state index contributed by atoms with van der Waals surface area (Å²) in [6.45, 7) is 2.24. The zero-order chi connectivity index (χ0) is 15.4. The van der Waals surface area contributed by atoms with Crippen LogP contribution in [0.4, 0.5) is 5.82 Å². The molecule has 0 amide bonds. The summed E-state index contributed by atoms with van der Waals surface area (Å²) in [5.41, 5.74) is 1.13. The van der Waals surface area contributed by atoms with Crippen molar-refractivity contribution < 1.29 is 5.11 Å². The van der Waals surface area contributed by atoms with E-state index >= 15 is 0 Å². The molecule has 1 aromatic heterocycles. The lowest BCUT2D eigenvalue weighted by Gasteiger charge is -2.41. The van der Waals surface area contributed by atoms with E-state index in [1.54, 1.807) is 6.33 Å². The Morgan fingerprint density at radius 2 is 1.95 bits per heavy atom. The fourth-order valence-electron chi connectivity index (χ4n) is 3.95. The zero-order valence-corrected chi connectivity index (χ0v) is 13.5. The van der Waals surface area contributed by atoms with Gasteiger partial charge in [-0.25, -0.2) is 9.97 Å². The molecule has 0 spiro atoms. The summed E-state index contributed by atoms with van der Waals surface area (Å²) in [6.07, 6.45) is 9.62. The minimum Gasteiger partial charge on any atom is -0.391 e. The second kappa shape index (κ2) is 7.38. The summed E-state index contributed by atoms with van der Waals surface area (Å²) in [7, 11) is 1.89. The first-order valence-corrected chi connectivity index (χ1v) is 8.67. The van der Waals surface area contributed by atoms with Gasteiger partial charge >= 0.3 is 0 Å². The number of nitrogens with zero attached hydrogens (tertiary/aromatic N) is 3. The van der Waals surface area contributed by atoms with Crippen LogP contribution in [0, 0.1) is 5.92 Å². The summed E-state index contributed by atoms with van der Waals surface area (Å²) in [6, 6.07) is 2.46. The molecule has 0 unspecified atom stereocenters. The van der Waals surface area contributed by atoms with E-state index in [-0.39, 0.29) is 6.10 Å². The number of rotatable bonds is 4. The summed E-state index contributed by atoms with van der Waals surface area (Å²) >= 11 is 0.